The fraction of sp³-hybridized carbons (Fsp3) is 0.125. The van der Waals surface area contributed by atoms with E-state index in [4.69, 9.17) is 5.73 Å². The maximum absolute atomic E-state index is 10.3. The summed E-state index contributed by atoms with van der Waals surface area (Å²) in [5.74, 6) is -0.0948. The van der Waals surface area contributed by atoms with Crippen LogP contribution in [0.1, 0.15) is 6.92 Å². The average molecular weight is 167 g/mol. The van der Waals surface area contributed by atoms with Crippen LogP contribution in [0.5, 0.6) is 5.75 Å². The first-order valence-corrected chi connectivity index (χ1v) is 3.39. The van der Waals surface area contributed by atoms with Crippen LogP contribution < -0.4 is 10.6 Å². The highest BCUT2D eigenvalue weighted by Crippen LogP contribution is 2.14. The Hall–Kier alpha value is -1.71. The first-order chi connectivity index (χ1) is 5.68. The summed E-state index contributed by atoms with van der Waals surface area (Å²) in [6.07, 6.45) is 0. The van der Waals surface area contributed by atoms with Crippen LogP contribution in [0.4, 0.5) is 5.69 Å². The van der Waals surface area contributed by atoms with Gasteiger partial charge in [0.05, 0.1) is 0 Å². The number of carbonyl (C=O) groups is 1. The molecule has 4 heteroatoms. The van der Waals surface area contributed by atoms with E-state index in [0.29, 0.717) is 11.4 Å². The fourth-order valence-electron chi connectivity index (χ4n) is 0.673. The molecule has 0 bridgehead atoms. The minimum atomic E-state index is -0.502. The number of rotatable bonds is 2. The monoisotopic (exact) mass is 167 g/mol. The summed E-state index contributed by atoms with van der Waals surface area (Å²) in [6.45, 7) is 1.26. The summed E-state index contributed by atoms with van der Waals surface area (Å²) in [7, 11) is 0. The second-order valence-corrected chi connectivity index (χ2v) is 2.23. The molecule has 0 saturated heterocycles. The number of anilines is 1. The molecule has 1 aromatic rings. The molecule has 0 aromatic heterocycles. The summed E-state index contributed by atoms with van der Waals surface area (Å²) in [6, 6.07) is 6.61. The van der Waals surface area contributed by atoms with Crippen molar-refractivity contribution < 1.29 is 14.6 Å². The zero-order chi connectivity index (χ0) is 8.97. The van der Waals surface area contributed by atoms with Crippen LogP contribution in [0.15, 0.2) is 24.3 Å². The molecule has 0 saturated carbocycles. The minimum Gasteiger partial charge on any atom is -0.399 e. The Labute approximate surface area is 69.8 Å². The first kappa shape index (κ1) is 8.39. The van der Waals surface area contributed by atoms with Crippen molar-refractivity contribution in [1.82, 2.24) is 0 Å². The van der Waals surface area contributed by atoms with Crippen molar-refractivity contribution in [2.24, 2.45) is 0 Å². The molecule has 12 heavy (non-hydrogen) atoms. The summed E-state index contributed by atoms with van der Waals surface area (Å²) >= 11 is 0. The molecule has 0 aliphatic carbocycles. The Morgan fingerprint density at radius 1 is 1.50 bits per heavy atom. The molecule has 4 nitrogen and oxygen atoms in total. The van der Waals surface area contributed by atoms with Crippen molar-refractivity contribution in [3.05, 3.63) is 24.3 Å². The molecule has 0 fully saturated rings. The second-order valence-electron chi connectivity index (χ2n) is 2.23. The Morgan fingerprint density at radius 3 is 2.83 bits per heavy atom. The van der Waals surface area contributed by atoms with Gasteiger partial charge in [0.1, 0.15) is 0 Å². The van der Waals surface area contributed by atoms with Gasteiger partial charge in [-0.2, -0.15) is 0 Å². The molecule has 0 unspecified atom stereocenters. The molecule has 0 spiro atoms. The predicted molar refractivity (Wildman–Crippen MR) is 43.2 cm³/mol. The van der Waals surface area contributed by atoms with Crippen LogP contribution in [-0.2, 0) is 9.68 Å². The van der Waals surface area contributed by atoms with Crippen LogP contribution in [0.2, 0.25) is 0 Å². The topological polar surface area (TPSA) is 61.5 Å². The Bertz CT molecular complexity index is 285. The highest BCUT2D eigenvalue weighted by atomic mass is 17.2. The lowest BCUT2D eigenvalue weighted by Gasteiger charge is -2.01. The first-order valence-electron chi connectivity index (χ1n) is 3.39. The summed E-state index contributed by atoms with van der Waals surface area (Å²) in [5.41, 5.74) is 6.00. The lowest BCUT2D eigenvalue weighted by Crippen LogP contribution is -2.02. The van der Waals surface area contributed by atoms with Crippen LogP contribution in [0, 0.1) is 0 Å². The molecule has 0 aliphatic rings. The van der Waals surface area contributed by atoms with Gasteiger partial charge >= 0.3 is 5.97 Å². The highest BCUT2D eigenvalue weighted by Gasteiger charge is 1.97. The van der Waals surface area contributed by atoms with E-state index in [1.54, 1.807) is 24.3 Å². The SMILES string of the molecule is CC(=O)OOc1cccc(N)c1. The number of carbonyl (C=O) groups excluding carboxylic acids is 1. The number of nitrogen functional groups attached to an aromatic ring is 1. The van der Waals surface area contributed by atoms with Crippen LogP contribution in [0.25, 0.3) is 0 Å². The van der Waals surface area contributed by atoms with E-state index in [0.717, 1.165) is 0 Å². The Kier molecular flexibility index (Phi) is 2.53. The van der Waals surface area contributed by atoms with Crippen molar-refractivity contribution in [2.45, 2.75) is 6.92 Å². The summed E-state index contributed by atoms with van der Waals surface area (Å²) < 4.78 is 0. The summed E-state index contributed by atoms with van der Waals surface area (Å²) in [5, 5.41) is 0. The van der Waals surface area contributed by atoms with Gasteiger partial charge in [0.15, 0.2) is 5.75 Å². The maximum atomic E-state index is 10.3. The fourth-order valence-corrected chi connectivity index (χ4v) is 0.673. The van der Waals surface area contributed by atoms with Gasteiger partial charge < -0.3 is 5.73 Å². The summed E-state index contributed by atoms with van der Waals surface area (Å²) in [4.78, 5) is 19.2. The normalized spacial score (nSPS) is 9.08. The third kappa shape index (κ3) is 2.49. The lowest BCUT2D eigenvalue weighted by molar-refractivity contribution is -0.210. The van der Waals surface area contributed by atoms with E-state index in [1.807, 2.05) is 0 Å². The van der Waals surface area contributed by atoms with Crippen molar-refractivity contribution in [2.75, 3.05) is 5.73 Å². The largest absolute Gasteiger partial charge is 0.399 e. The standard InChI is InChI=1S/C8H9NO3/c1-6(10)11-12-8-4-2-3-7(9)5-8/h2-5H,9H2,1H3. The van der Waals surface area contributed by atoms with E-state index < -0.39 is 5.97 Å². The van der Waals surface area contributed by atoms with Crippen molar-refractivity contribution in [3.8, 4) is 5.75 Å². The van der Waals surface area contributed by atoms with Crippen molar-refractivity contribution in [3.63, 3.8) is 0 Å². The van der Waals surface area contributed by atoms with Crippen molar-refractivity contribution >= 4 is 11.7 Å². The number of hydrogen-bond acceptors (Lipinski definition) is 4. The molecule has 1 aromatic carbocycles. The van der Waals surface area contributed by atoms with Crippen molar-refractivity contribution in [1.29, 1.82) is 0 Å². The Morgan fingerprint density at radius 2 is 2.25 bits per heavy atom. The van der Waals surface area contributed by atoms with E-state index >= 15 is 0 Å². The van der Waals surface area contributed by atoms with Gasteiger partial charge in [-0.15, -0.1) is 0 Å². The Balaban J connectivity index is 2.57. The van der Waals surface area contributed by atoms with Gasteiger partial charge in [0, 0.05) is 18.7 Å². The molecule has 64 valence electrons. The smallest absolute Gasteiger partial charge is 0.352 e. The van der Waals surface area contributed by atoms with E-state index in [2.05, 4.69) is 9.78 Å². The molecule has 2 N–H and O–H groups in total. The maximum Gasteiger partial charge on any atom is 0.352 e. The molecule has 0 atom stereocenters. The van der Waals surface area contributed by atoms with Gasteiger partial charge in [-0.25, -0.2) is 4.79 Å². The van der Waals surface area contributed by atoms with E-state index in [9.17, 15) is 4.79 Å². The average Bonchev–Trinajstić information content (AvgIpc) is 2.01. The molecular formula is C8H9NO3. The molecule has 0 aliphatic heterocycles. The van der Waals surface area contributed by atoms with Crippen LogP contribution in [-0.4, -0.2) is 5.97 Å². The third-order valence-corrected chi connectivity index (χ3v) is 1.11. The third-order valence-electron chi connectivity index (χ3n) is 1.11. The lowest BCUT2D eigenvalue weighted by atomic mass is 10.3. The molecule has 0 amide bonds. The highest BCUT2D eigenvalue weighted by molar-refractivity contribution is 5.65. The van der Waals surface area contributed by atoms with E-state index in [1.165, 1.54) is 6.92 Å². The molecule has 0 heterocycles. The van der Waals surface area contributed by atoms with Gasteiger partial charge in [-0.05, 0) is 12.1 Å². The second kappa shape index (κ2) is 3.61. The van der Waals surface area contributed by atoms with Gasteiger partial charge in [0.2, 0.25) is 0 Å². The van der Waals surface area contributed by atoms with Gasteiger partial charge in [-0.3, -0.25) is 9.78 Å². The van der Waals surface area contributed by atoms with Crippen LogP contribution >= 0.6 is 0 Å². The molecule has 1 rings (SSSR count). The van der Waals surface area contributed by atoms with Gasteiger partial charge in [0.25, 0.3) is 0 Å². The zero-order valence-corrected chi connectivity index (χ0v) is 6.61. The number of nitrogens with two attached hydrogens (primary N) is 1. The number of benzene rings is 1. The predicted octanol–water partition coefficient (Wildman–Crippen LogP) is 1.13. The minimum absolute atomic E-state index is 0.408. The quantitative estimate of drug-likeness (QED) is 0.407. The number of hydrogen-bond donors (Lipinski definition) is 1. The molecular weight excluding hydrogens is 158 g/mol. The van der Waals surface area contributed by atoms with E-state index in [-0.39, 0.29) is 0 Å². The molecule has 0 radical (unpaired) electrons. The zero-order valence-electron chi connectivity index (χ0n) is 6.61. The van der Waals surface area contributed by atoms with Crippen LogP contribution in [0.3, 0.4) is 0 Å². The van der Waals surface area contributed by atoms with Gasteiger partial charge in [-0.1, -0.05) is 6.07 Å².